The second-order valence-electron chi connectivity index (χ2n) is 7.34. The number of carbonyl (C=O) groups is 1. The van der Waals surface area contributed by atoms with E-state index in [1.54, 1.807) is 44.2 Å². The predicted molar refractivity (Wildman–Crippen MR) is 119 cm³/mol. The Hall–Kier alpha value is -2.27. The molecule has 3 aromatic rings. The number of piperidine rings is 1. The Morgan fingerprint density at radius 2 is 2.10 bits per heavy atom. The summed E-state index contributed by atoms with van der Waals surface area (Å²) in [6, 6.07) is 8.54. The molecular formula is C20H21ClN4O4S2. The number of hydrogen-bond acceptors (Lipinski definition) is 7. The molecule has 1 aromatic carbocycles. The highest BCUT2D eigenvalue weighted by atomic mass is 35.5. The van der Waals surface area contributed by atoms with Crippen molar-refractivity contribution in [2.75, 3.05) is 18.4 Å². The van der Waals surface area contributed by atoms with E-state index in [1.807, 2.05) is 0 Å². The number of nitrogens with zero attached hydrogens (tertiary/aromatic N) is 3. The molecule has 0 aliphatic carbocycles. The molecule has 1 amide bonds. The van der Waals surface area contributed by atoms with Crippen molar-refractivity contribution >= 4 is 44.6 Å². The SMILES string of the molecule is Cc1nc(-c2cc(S(=O)(=O)N3CCC[C@@H](C(=O)Nc4ccccc4Cl)C3)c(C)s2)no1. The Balaban J connectivity index is 1.53. The van der Waals surface area contributed by atoms with E-state index in [9.17, 15) is 13.2 Å². The van der Waals surface area contributed by atoms with Gasteiger partial charge in [-0.15, -0.1) is 11.3 Å². The highest BCUT2D eigenvalue weighted by Gasteiger charge is 2.35. The summed E-state index contributed by atoms with van der Waals surface area (Å²) in [4.78, 5) is 18.4. The molecule has 11 heteroatoms. The van der Waals surface area contributed by atoms with E-state index < -0.39 is 15.9 Å². The van der Waals surface area contributed by atoms with Crippen LogP contribution in [0.15, 0.2) is 39.8 Å². The van der Waals surface area contributed by atoms with Crippen LogP contribution in [0.4, 0.5) is 5.69 Å². The van der Waals surface area contributed by atoms with E-state index in [-0.39, 0.29) is 17.3 Å². The summed E-state index contributed by atoms with van der Waals surface area (Å²) in [5, 5.41) is 7.12. The maximum Gasteiger partial charge on any atom is 0.244 e. The number of aromatic nitrogens is 2. The highest BCUT2D eigenvalue weighted by molar-refractivity contribution is 7.89. The van der Waals surface area contributed by atoms with Crippen molar-refractivity contribution < 1.29 is 17.7 Å². The Kier molecular flexibility index (Phi) is 6.16. The fourth-order valence-corrected chi connectivity index (χ4v) is 6.73. The monoisotopic (exact) mass is 480 g/mol. The van der Waals surface area contributed by atoms with Gasteiger partial charge in [-0.05, 0) is 38.0 Å². The van der Waals surface area contributed by atoms with Crippen molar-refractivity contribution in [1.82, 2.24) is 14.4 Å². The number of benzene rings is 1. The van der Waals surface area contributed by atoms with Crippen LogP contribution in [-0.4, -0.2) is 41.9 Å². The second kappa shape index (κ2) is 8.70. The van der Waals surface area contributed by atoms with Crippen molar-refractivity contribution in [3.8, 4) is 10.7 Å². The lowest BCUT2D eigenvalue weighted by Crippen LogP contribution is -2.43. The molecule has 31 heavy (non-hydrogen) atoms. The zero-order valence-corrected chi connectivity index (χ0v) is 19.4. The fourth-order valence-electron chi connectivity index (χ4n) is 3.54. The Morgan fingerprint density at radius 1 is 1.32 bits per heavy atom. The fraction of sp³-hybridized carbons (Fsp3) is 0.350. The number of para-hydroxylation sites is 1. The van der Waals surface area contributed by atoms with Crippen LogP contribution in [0.3, 0.4) is 0 Å². The minimum absolute atomic E-state index is 0.116. The van der Waals surface area contributed by atoms with Crippen LogP contribution in [0.5, 0.6) is 0 Å². The summed E-state index contributed by atoms with van der Waals surface area (Å²) in [5.41, 5.74) is 0.517. The van der Waals surface area contributed by atoms with Gasteiger partial charge in [-0.2, -0.15) is 9.29 Å². The minimum atomic E-state index is -3.77. The van der Waals surface area contributed by atoms with Crippen molar-refractivity contribution in [2.24, 2.45) is 5.92 Å². The van der Waals surface area contributed by atoms with E-state index >= 15 is 0 Å². The molecule has 1 fully saturated rings. The lowest BCUT2D eigenvalue weighted by atomic mass is 9.99. The first-order valence-corrected chi connectivity index (χ1v) is 12.4. The molecule has 0 bridgehead atoms. The van der Waals surface area contributed by atoms with Gasteiger partial charge in [-0.1, -0.05) is 28.9 Å². The number of rotatable bonds is 5. The summed E-state index contributed by atoms with van der Waals surface area (Å²) >= 11 is 7.42. The topological polar surface area (TPSA) is 105 Å². The molecule has 0 saturated carbocycles. The van der Waals surface area contributed by atoms with Gasteiger partial charge in [0.2, 0.25) is 27.6 Å². The maximum absolute atomic E-state index is 13.4. The summed E-state index contributed by atoms with van der Waals surface area (Å²) in [5.74, 6) is 0.0765. The summed E-state index contributed by atoms with van der Waals surface area (Å²) in [6.07, 6.45) is 1.21. The first kappa shape index (κ1) is 21.9. The maximum atomic E-state index is 13.4. The van der Waals surface area contributed by atoms with Crippen LogP contribution < -0.4 is 5.32 Å². The first-order valence-electron chi connectivity index (χ1n) is 9.72. The molecule has 4 rings (SSSR count). The number of aryl methyl sites for hydroxylation is 2. The van der Waals surface area contributed by atoms with Crippen molar-refractivity contribution in [1.29, 1.82) is 0 Å². The third kappa shape index (κ3) is 4.52. The van der Waals surface area contributed by atoms with Gasteiger partial charge in [0.15, 0.2) is 0 Å². The van der Waals surface area contributed by atoms with Gasteiger partial charge in [-0.3, -0.25) is 4.79 Å². The molecule has 0 spiro atoms. The summed E-state index contributed by atoms with van der Waals surface area (Å²) in [6.45, 7) is 3.91. The van der Waals surface area contributed by atoms with E-state index in [2.05, 4.69) is 15.5 Å². The lowest BCUT2D eigenvalue weighted by molar-refractivity contribution is -0.120. The predicted octanol–water partition coefficient (Wildman–Crippen LogP) is 4.11. The third-order valence-electron chi connectivity index (χ3n) is 5.12. The van der Waals surface area contributed by atoms with Crippen LogP contribution in [0, 0.1) is 19.8 Å². The molecule has 3 heterocycles. The third-order valence-corrected chi connectivity index (χ3v) is 8.62. The van der Waals surface area contributed by atoms with E-state index in [4.69, 9.17) is 16.1 Å². The van der Waals surface area contributed by atoms with Crippen LogP contribution in [0.25, 0.3) is 10.7 Å². The van der Waals surface area contributed by atoms with Crippen LogP contribution in [-0.2, 0) is 14.8 Å². The summed E-state index contributed by atoms with van der Waals surface area (Å²) < 4.78 is 33.1. The van der Waals surface area contributed by atoms with Gasteiger partial charge < -0.3 is 9.84 Å². The van der Waals surface area contributed by atoms with Gasteiger partial charge >= 0.3 is 0 Å². The second-order valence-corrected chi connectivity index (χ2v) is 10.9. The van der Waals surface area contributed by atoms with Gasteiger partial charge in [0, 0.05) is 24.9 Å². The minimum Gasteiger partial charge on any atom is -0.339 e. The number of halogens is 1. The number of carbonyl (C=O) groups excluding carboxylic acids is 1. The van der Waals surface area contributed by atoms with Gasteiger partial charge in [0.05, 0.1) is 26.4 Å². The quantitative estimate of drug-likeness (QED) is 0.589. The Morgan fingerprint density at radius 3 is 2.81 bits per heavy atom. The smallest absolute Gasteiger partial charge is 0.244 e. The lowest BCUT2D eigenvalue weighted by Gasteiger charge is -2.31. The zero-order valence-electron chi connectivity index (χ0n) is 17.0. The standard InChI is InChI=1S/C20H21ClN4O4S2/c1-12-18(10-17(30-12)19-22-13(2)29-24-19)31(27,28)25-9-5-6-14(11-25)20(26)23-16-8-4-3-7-15(16)21/h3-4,7-8,10,14H,5-6,9,11H2,1-2H3,(H,23,26)/t14-/m1/s1. The average Bonchev–Trinajstić information content (AvgIpc) is 3.35. The molecule has 8 nitrogen and oxygen atoms in total. The van der Waals surface area contributed by atoms with E-state index in [0.29, 0.717) is 51.6 Å². The molecule has 164 valence electrons. The van der Waals surface area contributed by atoms with Gasteiger partial charge in [0.1, 0.15) is 0 Å². The molecular weight excluding hydrogens is 460 g/mol. The largest absolute Gasteiger partial charge is 0.339 e. The Labute approximate surface area is 189 Å². The van der Waals surface area contributed by atoms with Crippen molar-refractivity contribution in [3.05, 3.63) is 46.1 Å². The summed E-state index contributed by atoms with van der Waals surface area (Å²) in [7, 11) is -3.77. The zero-order chi connectivity index (χ0) is 22.2. The van der Waals surface area contributed by atoms with E-state index in [1.165, 1.54) is 15.6 Å². The highest BCUT2D eigenvalue weighted by Crippen LogP contribution is 2.35. The molecule has 1 aliphatic heterocycles. The number of anilines is 1. The number of thiophene rings is 1. The number of nitrogens with one attached hydrogen (secondary N) is 1. The Bertz CT molecular complexity index is 1220. The average molecular weight is 481 g/mol. The molecule has 1 aliphatic rings. The molecule has 0 unspecified atom stereocenters. The molecule has 2 aromatic heterocycles. The molecule has 1 saturated heterocycles. The van der Waals surface area contributed by atoms with E-state index in [0.717, 1.165) is 0 Å². The normalized spacial score (nSPS) is 17.6. The van der Waals surface area contributed by atoms with Crippen molar-refractivity contribution in [3.63, 3.8) is 0 Å². The van der Waals surface area contributed by atoms with Gasteiger partial charge in [-0.25, -0.2) is 8.42 Å². The number of sulfonamides is 1. The van der Waals surface area contributed by atoms with Gasteiger partial charge in [0.25, 0.3) is 0 Å². The van der Waals surface area contributed by atoms with Crippen LogP contribution >= 0.6 is 22.9 Å². The van der Waals surface area contributed by atoms with Crippen LogP contribution in [0.2, 0.25) is 5.02 Å². The molecule has 0 radical (unpaired) electrons. The first-order chi connectivity index (χ1) is 14.8. The van der Waals surface area contributed by atoms with Crippen molar-refractivity contribution in [2.45, 2.75) is 31.6 Å². The van der Waals surface area contributed by atoms with Crippen LogP contribution in [0.1, 0.15) is 23.6 Å². The molecule has 1 atom stereocenters. The number of amides is 1. The number of hydrogen-bond donors (Lipinski definition) is 1. The molecule has 1 N–H and O–H groups in total.